The van der Waals surface area contributed by atoms with Crippen molar-refractivity contribution in [3.8, 4) is 6.07 Å². The molecule has 1 saturated carbocycles. The van der Waals surface area contributed by atoms with Gasteiger partial charge in [-0.3, -0.25) is 9.69 Å². The van der Waals surface area contributed by atoms with Crippen LogP contribution in [0.4, 0.5) is 0 Å². The number of likely N-dealkylation sites (N-methyl/N-ethyl adjacent to an activating group) is 1. The van der Waals surface area contributed by atoms with Gasteiger partial charge in [0, 0.05) is 12.6 Å². The van der Waals surface area contributed by atoms with Gasteiger partial charge in [-0.25, -0.2) is 0 Å². The van der Waals surface area contributed by atoms with Crippen LogP contribution < -0.4 is 5.32 Å². The molecule has 96 valence electrons. The first-order valence-electron chi connectivity index (χ1n) is 6.65. The Hall–Kier alpha value is -1.08. The maximum atomic E-state index is 11.7. The van der Waals surface area contributed by atoms with Crippen molar-refractivity contribution in [1.29, 1.82) is 5.26 Å². The van der Waals surface area contributed by atoms with Gasteiger partial charge in [0.15, 0.2) is 0 Å². The van der Waals surface area contributed by atoms with E-state index >= 15 is 0 Å². The summed E-state index contributed by atoms with van der Waals surface area (Å²) in [7, 11) is 0. The van der Waals surface area contributed by atoms with Crippen LogP contribution in [-0.2, 0) is 4.79 Å². The van der Waals surface area contributed by atoms with E-state index in [0.29, 0.717) is 25.6 Å². The van der Waals surface area contributed by atoms with Gasteiger partial charge in [0.2, 0.25) is 5.91 Å². The van der Waals surface area contributed by atoms with Crippen LogP contribution in [0, 0.1) is 11.3 Å². The predicted molar refractivity (Wildman–Crippen MR) is 67.4 cm³/mol. The second kappa shape index (κ2) is 8.08. The molecule has 1 amide bonds. The molecular weight excluding hydrogens is 214 g/mol. The molecule has 0 heterocycles. The van der Waals surface area contributed by atoms with Gasteiger partial charge in [-0.2, -0.15) is 5.26 Å². The van der Waals surface area contributed by atoms with Gasteiger partial charge in [-0.1, -0.05) is 26.2 Å². The number of nitriles is 1. The largest absolute Gasteiger partial charge is 0.354 e. The molecule has 0 aliphatic heterocycles. The van der Waals surface area contributed by atoms with E-state index in [9.17, 15) is 4.79 Å². The maximum absolute atomic E-state index is 11.7. The second-order valence-electron chi connectivity index (χ2n) is 4.61. The lowest BCUT2D eigenvalue weighted by molar-refractivity contribution is -0.122. The Balaban J connectivity index is 2.30. The highest BCUT2D eigenvalue weighted by Gasteiger charge is 2.21. The van der Waals surface area contributed by atoms with Crippen molar-refractivity contribution >= 4 is 5.91 Å². The Morgan fingerprint density at radius 2 is 2.12 bits per heavy atom. The molecule has 1 N–H and O–H groups in total. The van der Waals surface area contributed by atoms with Crippen LogP contribution in [0.15, 0.2) is 0 Å². The number of amides is 1. The van der Waals surface area contributed by atoms with Crippen molar-refractivity contribution in [3.63, 3.8) is 0 Å². The van der Waals surface area contributed by atoms with Crippen molar-refractivity contribution in [3.05, 3.63) is 0 Å². The highest BCUT2D eigenvalue weighted by atomic mass is 16.2. The molecule has 0 spiro atoms. The number of rotatable bonds is 6. The fourth-order valence-electron chi connectivity index (χ4n) is 2.44. The van der Waals surface area contributed by atoms with E-state index in [0.717, 1.165) is 6.54 Å². The molecule has 1 fully saturated rings. The molecular formula is C13H23N3O. The molecule has 0 radical (unpaired) electrons. The van der Waals surface area contributed by atoms with Crippen LogP contribution in [0.1, 0.15) is 45.4 Å². The van der Waals surface area contributed by atoms with E-state index in [1.54, 1.807) is 0 Å². The average molecular weight is 237 g/mol. The fourth-order valence-corrected chi connectivity index (χ4v) is 2.44. The molecule has 0 aromatic carbocycles. The van der Waals surface area contributed by atoms with Gasteiger partial charge >= 0.3 is 0 Å². The predicted octanol–water partition coefficient (Wildman–Crippen LogP) is 1.67. The summed E-state index contributed by atoms with van der Waals surface area (Å²) in [5.74, 6) is 0.0488. The fraction of sp³-hybridized carbons (Fsp3) is 0.846. The van der Waals surface area contributed by atoms with E-state index in [4.69, 9.17) is 5.26 Å². The third kappa shape index (κ3) is 5.18. The van der Waals surface area contributed by atoms with Crippen molar-refractivity contribution in [2.75, 3.05) is 19.6 Å². The van der Waals surface area contributed by atoms with Gasteiger partial charge in [-0.05, 0) is 19.4 Å². The van der Waals surface area contributed by atoms with E-state index < -0.39 is 0 Å². The topological polar surface area (TPSA) is 56.1 Å². The van der Waals surface area contributed by atoms with Gasteiger partial charge in [0.05, 0.1) is 19.0 Å². The van der Waals surface area contributed by atoms with Crippen molar-refractivity contribution in [1.82, 2.24) is 10.2 Å². The SMILES string of the molecule is CCN(CC(=O)NCCC#N)C1CCCCC1. The lowest BCUT2D eigenvalue weighted by atomic mass is 9.94. The molecule has 0 aromatic heterocycles. The van der Waals surface area contributed by atoms with E-state index in [1.807, 2.05) is 6.07 Å². The third-order valence-corrected chi connectivity index (χ3v) is 3.40. The number of carbonyl (C=O) groups excluding carboxylic acids is 1. The maximum Gasteiger partial charge on any atom is 0.234 e. The Morgan fingerprint density at radius 3 is 2.71 bits per heavy atom. The minimum atomic E-state index is 0.0488. The summed E-state index contributed by atoms with van der Waals surface area (Å²) in [5, 5.41) is 11.2. The number of hydrogen-bond acceptors (Lipinski definition) is 3. The molecule has 0 atom stereocenters. The first-order chi connectivity index (χ1) is 8.27. The molecule has 0 saturated heterocycles. The Morgan fingerprint density at radius 1 is 1.41 bits per heavy atom. The molecule has 0 bridgehead atoms. The molecule has 1 aliphatic carbocycles. The first-order valence-corrected chi connectivity index (χ1v) is 6.65. The van der Waals surface area contributed by atoms with Crippen LogP contribution in [-0.4, -0.2) is 36.5 Å². The zero-order valence-electron chi connectivity index (χ0n) is 10.7. The number of nitrogens with one attached hydrogen (secondary N) is 1. The Kier molecular flexibility index (Phi) is 6.64. The summed E-state index contributed by atoms with van der Waals surface area (Å²) in [6.07, 6.45) is 6.75. The second-order valence-corrected chi connectivity index (χ2v) is 4.61. The molecule has 17 heavy (non-hydrogen) atoms. The quantitative estimate of drug-likeness (QED) is 0.715. The van der Waals surface area contributed by atoms with E-state index in [-0.39, 0.29) is 5.91 Å². The highest BCUT2D eigenvalue weighted by molar-refractivity contribution is 5.78. The van der Waals surface area contributed by atoms with Gasteiger partial charge < -0.3 is 5.32 Å². The highest BCUT2D eigenvalue weighted by Crippen LogP contribution is 2.22. The normalized spacial score (nSPS) is 16.8. The summed E-state index contributed by atoms with van der Waals surface area (Å²) in [5.41, 5.74) is 0. The van der Waals surface area contributed by atoms with Crippen molar-refractivity contribution in [2.45, 2.75) is 51.5 Å². The zero-order valence-corrected chi connectivity index (χ0v) is 10.7. The third-order valence-electron chi connectivity index (χ3n) is 3.40. The lowest BCUT2D eigenvalue weighted by Gasteiger charge is -2.32. The first kappa shape index (κ1) is 14.0. The number of carbonyl (C=O) groups is 1. The van der Waals surface area contributed by atoms with Gasteiger partial charge in [0.1, 0.15) is 0 Å². The van der Waals surface area contributed by atoms with E-state index in [2.05, 4.69) is 17.1 Å². The molecule has 0 unspecified atom stereocenters. The summed E-state index contributed by atoms with van der Waals surface area (Å²) < 4.78 is 0. The monoisotopic (exact) mass is 237 g/mol. The minimum Gasteiger partial charge on any atom is -0.354 e. The lowest BCUT2D eigenvalue weighted by Crippen LogP contribution is -2.43. The van der Waals surface area contributed by atoms with Crippen molar-refractivity contribution in [2.24, 2.45) is 0 Å². The van der Waals surface area contributed by atoms with Crippen LogP contribution >= 0.6 is 0 Å². The zero-order chi connectivity index (χ0) is 12.5. The summed E-state index contributed by atoms with van der Waals surface area (Å²) in [6, 6.07) is 2.60. The smallest absolute Gasteiger partial charge is 0.234 e. The molecule has 4 heteroatoms. The summed E-state index contributed by atoms with van der Waals surface area (Å²) in [4.78, 5) is 13.9. The molecule has 1 rings (SSSR count). The summed E-state index contributed by atoms with van der Waals surface area (Å²) >= 11 is 0. The van der Waals surface area contributed by atoms with Crippen LogP contribution in [0.5, 0.6) is 0 Å². The van der Waals surface area contributed by atoms with Gasteiger partial charge in [0.25, 0.3) is 0 Å². The average Bonchev–Trinajstić information content (AvgIpc) is 2.37. The number of nitrogens with zero attached hydrogens (tertiary/aromatic N) is 2. The Labute approximate surface area is 104 Å². The summed E-state index contributed by atoms with van der Waals surface area (Å²) in [6.45, 7) is 3.98. The van der Waals surface area contributed by atoms with Crippen LogP contribution in [0.2, 0.25) is 0 Å². The molecule has 1 aliphatic rings. The van der Waals surface area contributed by atoms with Crippen molar-refractivity contribution < 1.29 is 4.79 Å². The number of hydrogen-bond donors (Lipinski definition) is 1. The van der Waals surface area contributed by atoms with Crippen LogP contribution in [0.3, 0.4) is 0 Å². The molecule has 0 aromatic rings. The Bertz CT molecular complexity index is 266. The van der Waals surface area contributed by atoms with Gasteiger partial charge in [-0.15, -0.1) is 0 Å². The standard InChI is InChI=1S/C13H23N3O/c1-2-16(12-7-4-3-5-8-12)11-13(17)15-10-6-9-14/h12H,2-8,10-11H2,1H3,(H,15,17). The van der Waals surface area contributed by atoms with Crippen LogP contribution in [0.25, 0.3) is 0 Å². The minimum absolute atomic E-state index is 0.0488. The van der Waals surface area contributed by atoms with E-state index in [1.165, 1.54) is 32.1 Å². The molecule has 4 nitrogen and oxygen atoms in total.